The molecular formula is C25H37N4O6+. The Morgan fingerprint density at radius 1 is 1.23 bits per heavy atom. The van der Waals surface area contributed by atoms with Crippen LogP contribution < -0.4 is 4.48 Å². The van der Waals surface area contributed by atoms with Gasteiger partial charge in [0.2, 0.25) is 0 Å². The zero-order chi connectivity index (χ0) is 26.3. The molecule has 0 spiro atoms. The van der Waals surface area contributed by atoms with E-state index in [1.165, 1.54) is 13.3 Å². The molecule has 35 heavy (non-hydrogen) atoms. The summed E-state index contributed by atoms with van der Waals surface area (Å²) in [4.78, 5) is 46.0. The van der Waals surface area contributed by atoms with Gasteiger partial charge in [-0.05, 0) is 61.1 Å². The van der Waals surface area contributed by atoms with Crippen LogP contribution in [-0.2, 0) is 9.47 Å². The Bertz CT molecular complexity index is 1060. The monoisotopic (exact) mass is 489 g/mol. The molecule has 2 amide bonds. The van der Waals surface area contributed by atoms with E-state index in [1.807, 2.05) is 48.6 Å². The lowest BCUT2D eigenvalue weighted by molar-refractivity contribution is 0.0283. The number of rotatable bonds is 4. The number of hydrogen-bond acceptors (Lipinski definition) is 7. The molecule has 1 N–H and O–H groups in total. The minimum absolute atomic E-state index is 0.0482. The van der Waals surface area contributed by atoms with Gasteiger partial charge in [-0.3, -0.25) is 4.90 Å². The molecule has 192 valence electrons. The summed E-state index contributed by atoms with van der Waals surface area (Å²) >= 11 is 0. The van der Waals surface area contributed by atoms with Gasteiger partial charge in [0.25, 0.3) is 5.82 Å². The van der Waals surface area contributed by atoms with Gasteiger partial charge in [0.15, 0.2) is 0 Å². The van der Waals surface area contributed by atoms with Crippen molar-refractivity contribution in [3.8, 4) is 0 Å². The number of esters is 1. The molecule has 0 saturated carbocycles. The molecule has 1 aromatic rings. The highest BCUT2D eigenvalue weighted by molar-refractivity contribution is 6.03. The van der Waals surface area contributed by atoms with Crippen LogP contribution in [-0.4, -0.2) is 89.0 Å². The molecule has 0 radical (unpaired) electrons. The van der Waals surface area contributed by atoms with Gasteiger partial charge in [0.1, 0.15) is 17.3 Å². The van der Waals surface area contributed by atoms with E-state index < -0.39 is 27.7 Å². The Morgan fingerprint density at radius 3 is 2.43 bits per heavy atom. The second kappa shape index (κ2) is 9.23. The van der Waals surface area contributed by atoms with Gasteiger partial charge in [0, 0.05) is 37.4 Å². The largest absolute Gasteiger partial charge is 0.525 e. The number of carboxylic acid groups (broad SMARTS) is 1. The number of quaternary nitrogens is 1. The molecule has 1 fully saturated rings. The molecule has 2 atom stereocenters. The number of carbonyl (C=O) groups is 3. The molecule has 2 aliphatic heterocycles. The molecular weight excluding hydrogens is 452 g/mol. The van der Waals surface area contributed by atoms with E-state index in [9.17, 15) is 19.5 Å². The van der Waals surface area contributed by atoms with Crippen LogP contribution in [0.25, 0.3) is 5.57 Å². The van der Waals surface area contributed by atoms with Gasteiger partial charge < -0.3 is 19.5 Å². The lowest BCUT2D eigenvalue weighted by Gasteiger charge is -2.37. The van der Waals surface area contributed by atoms with Crippen LogP contribution in [0.5, 0.6) is 0 Å². The third-order valence-electron chi connectivity index (χ3n) is 6.56. The Hall–Kier alpha value is -2.98. The zero-order valence-corrected chi connectivity index (χ0v) is 21.9. The third-order valence-corrected chi connectivity index (χ3v) is 6.56. The van der Waals surface area contributed by atoms with E-state index in [1.54, 1.807) is 17.2 Å². The van der Waals surface area contributed by atoms with Crippen LogP contribution >= 0.6 is 0 Å². The van der Waals surface area contributed by atoms with Gasteiger partial charge in [-0.1, -0.05) is 0 Å². The predicted octanol–water partition coefficient (Wildman–Crippen LogP) is 3.95. The maximum absolute atomic E-state index is 12.7. The minimum Gasteiger partial charge on any atom is -0.465 e. The minimum atomic E-state index is -1.08. The van der Waals surface area contributed by atoms with Crippen LogP contribution in [0.1, 0.15) is 63.9 Å². The summed E-state index contributed by atoms with van der Waals surface area (Å²) in [5.41, 5.74) is 0.115. The first-order valence-electron chi connectivity index (χ1n) is 11.7. The zero-order valence-electron chi connectivity index (χ0n) is 21.9. The molecule has 3 heterocycles. The lowest BCUT2D eigenvalue weighted by atomic mass is 10.0. The molecule has 1 aromatic heterocycles. The first-order valence-corrected chi connectivity index (χ1v) is 11.7. The summed E-state index contributed by atoms with van der Waals surface area (Å²) in [6, 6.07) is 1.61. The number of fused-ring (bicyclic) bond motifs is 1. The van der Waals surface area contributed by atoms with Crippen molar-refractivity contribution in [1.82, 2.24) is 19.3 Å². The fourth-order valence-electron chi connectivity index (χ4n) is 4.73. The normalized spacial score (nSPS) is 22.1. The average Bonchev–Trinajstić information content (AvgIpc) is 3.36. The number of ether oxygens (including phenoxy) is 2. The SMILES string of the molecule is COC(=O)c1ccnc2c1C(CN(C)C1CCN(C(=O)OC(C)(C)C)C1)=C[N+]2(C(=O)O)C(C)(C)C. The third kappa shape index (κ3) is 4.90. The average molecular weight is 490 g/mol. The molecule has 0 aromatic carbocycles. The lowest BCUT2D eigenvalue weighted by Crippen LogP contribution is -2.60. The number of nitrogens with zero attached hydrogens (tertiary/aromatic N) is 4. The maximum Gasteiger partial charge on any atom is 0.525 e. The summed E-state index contributed by atoms with van der Waals surface area (Å²) in [5.74, 6) is -0.258. The van der Waals surface area contributed by atoms with Crippen LogP contribution in [0.3, 0.4) is 0 Å². The van der Waals surface area contributed by atoms with Crippen molar-refractivity contribution in [2.75, 3.05) is 33.8 Å². The van der Waals surface area contributed by atoms with E-state index in [2.05, 4.69) is 9.88 Å². The molecule has 10 heteroatoms. The smallest absolute Gasteiger partial charge is 0.465 e. The van der Waals surface area contributed by atoms with Gasteiger partial charge in [-0.15, -0.1) is 4.48 Å². The van der Waals surface area contributed by atoms with Crippen LogP contribution in [0.2, 0.25) is 0 Å². The molecule has 2 aliphatic rings. The summed E-state index contributed by atoms with van der Waals surface area (Å²) in [5, 5.41) is 10.4. The topological polar surface area (TPSA) is 109 Å². The number of amides is 2. The van der Waals surface area contributed by atoms with Gasteiger partial charge in [0.05, 0.1) is 18.2 Å². The number of methoxy groups -OCH3 is 1. The highest BCUT2D eigenvalue weighted by Gasteiger charge is 2.56. The number of likely N-dealkylation sites (tertiary alicyclic amines) is 1. The molecule has 10 nitrogen and oxygen atoms in total. The first kappa shape index (κ1) is 26.6. The fraction of sp³-hybridized carbons (Fsp3) is 0.600. The van der Waals surface area contributed by atoms with Crippen LogP contribution in [0.15, 0.2) is 18.5 Å². The van der Waals surface area contributed by atoms with E-state index in [0.717, 1.165) is 6.42 Å². The van der Waals surface area contributed by atoms with Gasteiger partial charge in [-0.25, -0.2) is 14.6 Å². The van der Waals surface area contributed by atoms with Gasteiger partial charge >= 0.3 is 18.2 Å². The standard InChI is InChI=1S/C25H36N4O6/c1-24(2,3)29(23(32)33)15-16(19-18(21(30)34-8)9-11-26-20(19)29)13-27(7)17-10-12-28(14-17)22(31)35-25(4,5)6/h9,11,15,17H,10,12-14H2,1-8H3/p+1. The predicted molar refractivity (Wildman–Crippen MR) is 132 cm³/mol. The van der Waals surface area contributed by atoms with Crippen molar-refractivity contribution in [3.63, 3.8) is 0 Å². The Balaban J connectivity index is 1.95. The molecule has 0 aliphatic carbocycles. The van der Waals surface area contributed by atoms with Crippen molar-refractivity contribution in [2.45, 2.75) is 65.1 Å². The van der Waals surface area contributed by atoms with Crippen molar-refractivity contribution < 1.29 is 29.0 Å². The second-order valence-corrected chi connectivity index (χ2v) is 11.2. The first-order chi connectivity index (χ1) is 16.1. The number of hydrogen-bond donors (Lipinski definition) is 1. The summed E-state index contributed by atoms with van der Waals surface area (Å²) in [6.07, 6.45) is 2.46. The summed E-state index contributed by atoms with van der Waals surface area (Å²) < 4.78 is 9.96. The van der Waals surface area contributed by atoms with Crippen molar-refractivity contribution >= 4 is 29.5 Å². The van der Waals surface area contributed by atoms with Gasteiger partial charge in [-0.2, -0.15) is 4.79 Å². The van der Waals surface area contributed by atoms with E-state index in [-0.39, 0.29) is 23.5 Å². The number of carbonyl (C=O) groups excluding carboxylic acids is 2. The summed E-state index contributed by atoms with van der Waals surface area (Å²) in [7, 11) is 3.23. The molecule has 1 saturated heterocycles. The summed E-state index contributed by atoms with van der Waals surface area (Å²) in [6.45, 7) is 12.4. The van der Waals surface area contributed by atoms with Crippen LogP contribution in [0, 0.1) is 0 Å². The van der Waals surface area contributed by atoms with Crippen molar-refractivity contribution in [3.05, 3.63) is 29.6 Å². The fourth-order valence-corrected chi connectivity index (χ4v) is 4.73. The molecule has 3 rings (SSSR count). The number of aromatic nitrogens is 1. The Labute approximate surface area is 206 Å². The molecule has 0 bridgehead atoms. The van der Waals surface area contributed by atoms with Crippen LogP contribution in [0.4, 0.5) is 15.4 Å². The second-order valence-electron chi connectivity index (χ2n) is 11.2. The maximum atomic E-state index is 12.7. The highest BCUT2D eigenvalue weighted by Crippen LogP contribution is 2.46. The van der Waals surface area contributed by atoms with Crippen molar-refractivity contribution in [1.29, 1.82) is 0 Å². The molecule has 2 unspecified atom stereocenters. The number of likely N-dealkylation sites (N-methyl/N-ethyl adjacent to an activating group) is 1. The Morgan fingerprint density at radius 2 is 1.89 bits per heavy atom. The van der Waals surface area contributed by atoms with E-state index >= 15 is 0 Å². The number of pyridine rings is 1. The highest BCUT2D eigenvalue weighted by atomic mass is 16.6. The Kier molecular flexibility index (Phi) is 7.02. The van der Waals surface area contributed by atoms with E-state index in [0.29, 0.717) is 30.8 Å². The quantitative estimate of drug-likeness (QED) is 0.500. The van der Waals surface area contributed by atoms with E-state index in [4.69, 9.17) is 9.47 Å². The van der Waals surface area contributed by atoms with Crippen molar-refractivity contribution in [2.24, 2.45) is 0 Å².